The van der Waals surface area contributed by atoms with E-state index < -0.39 is 0 Å². The zero-order valence-electron chi connectivity index (χ0n) is 12.2. The molecular formula is C13H24N4O. The summed E-state index contributed by atoms with van der Waals surface area (Å²) >= 11 is 0. The molecule has 5 nitrogen and oxygen atoms in total. The molecule has 1 N–H and O–H groups in total. The SMILES string of the molecule is CCC(C)(C)C(=O)NCc1cn(C(C)(C)C)nn1. The van der Waals surface area contributed by atoms with E-state index in [1.165, 1.54) is 0 Å². The third kappa shape index (κ3) is 3.55. The van der Waals surface area contributed by atoms with Gasteiger partial charge in [0.05, 0.1) is 18.3 Å². The van der Waals surface area contributed by atoms with Crippen LogP contribution in [-0.4, -0.2) is 20.9 Å². The summed E-state index contributed by atoms with van der Waals surface area (Å²) < 4.78 is 1.81. The number of carbonyl (C=O) groups is 1. The molecule has 0 aliphatic carbocycles. The maximum Gasteiger partial charge on any atom is 0.225 e. The van der Waals surface area contributed by atoms with Gasteiger partial charge in [-0.3, -0.25) is 4.79 Å². The lowest BCUT2D eigenvalue weighted by Gasteiger charge is -2.21. The van der Waals surface area contributed by atoms with Crippen LogP contribution >= 0.6 is 0 Å². The Morgan fingerprint density at radius 2 is 1.94 bits per heavy atom. The van der Waals surface area contributed by atoms with Gasteiger partial charge < -0.3 is 5.32 Å². The van der Waals surface area contributed by atoms with Crippen LogP contribution in [0.3, 0.4) is 0 Å². The van der Waals surface area contributed by atoms with Gasteiger partial charge in [-0.05, 0) is 27.2 Å². The fourth-order valence-electron chi connectivity index (χ4n) is 1.28. The zero-order valence-corrected chi connectivity index (χ0v) is 12.2. The Kier molecular flexibility index (Phi) is 4.14. The highest BCUT2D eigenvalue weighted by Gasteiger charge is 2.25. The molecule has 0 unspecified atom stereocenters. The van der Waals surface area contributed by atoms with Gasteiger partial charge >= 0.3 is 0 Å². The van der Waals surface area contributed by atoms with Gasteiger partial charge in [0, 0.05) is 5.41 Å². The first kappa shape index (κ1) is 14.7. The van der Waals surface area contributed by atoms with Crippen LogP contribution in [0.4, 0.5) is 0 Å². The van der Waals surface area contributed by atoms with Crippen molar-refractivity contribution in [3.63, 3.8) is 0 Å². The maximum absolute atomic E-state index is 11.9. The van der Waals surface area contributed by atoms with Crippen molar-refractivity contribution in [1.82, 2.24) is 20.3 Å². The van der Waals surface area contributed by atoms with Gasteiger partial charge in [-0.1, -0.05) is 26.0 Å². The molecule has 1 aromatic heterocycles. The van der Waals surface area contributed by atoms with Crippen molar-refractivity contribution < 1.29 is 4.79 Å². The smallest absolute Gasteiger partial charge is 0.225 e. The largest absolute Gasteiger partial charge is 0.350 e. The molecular weight excluding hydrogens is 228 g/mol. The predicted octanol–water partition coefficient (Wildman–Crippen LogP) is 2.09. The second-order valence-electron chi connectivity index (χ2n) is 6.25. The third-order valence-corrected chi connectivity index (χ3v) is 3.16. The topological polar surface area (TPSA) is 59.8 Å². The maximum atomic E-state index is 11.9. The van der Waals surface area contributed by atoms with E-state index in [-0.39, 0.29) is 16.9 Å². The Hall–Kier alpha value is -1.39. The van der Waals surface area contributed by atoms with Gasteiger partial charge in [-0.15, -0.1) is 5.10 Å². The monoisotopic (exact) mass is 252 g/mol. The first-order chi connectivity index (χ1) is 8.16. The number of amides is 1. The molecule has 0 spiro atoms. The number of nitrogens with zero attached hydrogens (tertiary/aromatic N) is 3. The number of aromatic nitrogens is 3. The van der Waals surface area contributed by atoms with Crippen molar-refractivity contribution in [2.45, 2.75) is 60.0 Å². The van der Waals surface area contributed by atoms with Crippen molar-refractivity contribution in [2.75, 3.05) is 0 Å². The highest BCUT2D eigenvalue weighted by molar-refractivity contribution is 5.81. The molecule has 0 radical (unpaired) electrons. The fraction of sp³-hybridized carbons (Fsp3) is 0.769. The van der Waals surface area contributed by atoms with Gasteiger partial charge in [0.15, 0.2) is 0 Å². The van der Waals surface area contributed by atoms with Gasteiger partial charge in [0.1, 0.15) is 5.69 Å². The normalized spacial score (nSPS) is 12.6. The summed E-state index contributed by atoms with van der Waals surface area (Å²) in [5.74, 6) is 0.0512. The molecule has 1 rings (SSSR count). The second-order valence-corrected chi connectivity index (χ2v) is 6.25. The lowest BCUT2D eigenvalue weighted by molar-refractivity contribution is -0.129. The standard InChI is InChI=1S/C13H24N4O/c1-7-13(5,6)11(18)14-8-10-9-17(16-15-10)12(2,3)4/h9H,7-8H2,1-6H3,(H,14,18). The van der Waals surface area contributed by atoms with Crippen molar-refractivity contribution in [2.24, 2.45) is 5.41 Å². The average Bonchev–Trinajstić information content (AvgIpc) is 2.74. The van der Waals surface area contributed by atoms with Crippen molar-refractivity contribution >= 4 is 5.91 Å². The molecule has 18 heavy (non-hydrogen) atoms. The zero-order chi connectivity index (χ0) is 14.0. The van der Waals surface area contributed by atoms with Crippen LogP contribution in [0.15, 0.2) is 6.20 Å². The molecule has 1 aromatic rings. The van der Waals surface area contributed by atoms with Crippen LogP contribution in [0.25, 0.3) is 0 Å². The van der Waals surface area contributed by atoms with Crippen LogP contribution in [0, 0.1) is 5.41 Å². The molecule has 1 heterocycles. The number of nitrogens with one attached hydrogen (secondary N) is 1. The van der Waals surface area contributed by atoms with Crippen molar-refractivity contribution in [1.29, 1.82) is 0 Å². The summed E-state index contributed by atoms with van der Waals surface area (Å²) in [4.78, 5) is 11.9. The van der Waals surface area contributed by atoms with Crippen molar-refractivity contribution in [3.8, 4) is 0 Å². The Labute approximate surface area is 109 Å². The number of hydrogen-bond acceptors (Lipinski definition) is 3. The summed E-state index contributed by atoms with van der Waals surface area (Å²) in [6.07, 6.45) is 2.69. The average molecular weight is 252 g/mol. The first-order valence-corrected chi connectivity index (χ1v) is 6.37. The van der Waals surface area contributed by atoms with Gasteiger partial charge in [-0.25, -0.2) is 4.68 Å². The minimum Gasteiger partial charge on any atom is -0.350 e. The van der Waals surface area contributed by atoms with E-state index in [4.69, 9.17) is 0 Å². The Morgan fingerprint density at radius 1 is 1.33 bits per heavy atom. The highest BCUT2D eigenvalue weighted by atomic mass is 16.2. The van der Waals surface area contributed by atoms with Crippen LogP contribution in [0.5, 0.6) is 0 Å². The predicted molar refractivity (Wildman–Crippen MR) is 70.9 cm³/mol. The molecule has 0 saturated heterocycles. The summed E-state index contributed by atoms with van der Waals surface area (Å²) in [5.41, 5.74) is 0.364. The Morgan fingerprint density at radius 3 is 2.39 bits per heavy atom. The lowest BCUT2D eigenvalue weighted by atomic mass is 9.89. The molecule has 0 saturated carbocycles. The summed E-state index contributed by atoms with van der Waals surface area (Å²) in [6.45, 7) is 12.5. The van der Waals surface area contributed by atoms with E-state index in [1.807, 2.05) is 27.0 Å². The summed E-state index contributed by atoms with van der Waals surface area (Å²) in [7, 11) is 0. The fourth-order valence-corrected chi connectivity index (χ4v) is 1.28. The lowest BCUT2D eigenvalue weighted by Crippen LogP contribution is -2.36. The van der Waals surface area contributed by atoms with E-state index in [0.717, 1.165) is 12.1 Å². The number of rotatable bonds is 4. The molecule has 5 heteroatoms. The van der Waals surface area contributed by atoms with E-state index >= 15 is 0 Å². The van der Waals surface area contributed by atoms with E-state index in [2.05, 4.69) is 36.4 Å². The van der Waals surface area contributed by atoms with Gasteiger partial charge in [0.2, 0.25) is 5.91 Å². The van der Waals surface area contributed by atoms with E-state index in [1.54, 1.807) is 4.68 Å². The van der Waals surface area contributed by atoms with Gasteiger partial charge in [0.25, 0.3) is 0 Å². The summed E-state index contributed by atoms with van der Waals surface area (Å²) in [6, 6.07) is 0. The minimum atomic E-state index is -0.333. The molecule has 0 atom stereocenters. The van der Waals surface area contributed by atoms with Crippen LogP contribution in [0.2, 0.25) is 0 Å². The number of hydrogen-bond donors (Lipinski definition) is 1. The van der Waals surface area contributed by atoms with E-state index in [0.29, 0.717) is 6.54 Å². The molecule has 102 valence electrons. The molecule has 0 aliphatic rings. The quantitative estimate of drug-likeness (QED) is 0.892. The van der Waals surface area contributed by atoms with Crippen LogP contribution in [0.1, 0.15) is 53.7 Å². The third-order valence-electron chi connectivity index (χ3n) is 3.16. The van der Waals surface area contributed by atoms with Gasteiger partial charge in [-0.2, -0.15) is 0 Å². The molecule has 0 aromatic carbocycles. The van der Waals surface area contributed by atoms with Crippen molar-refractivity contribution in [3.05, 3.63) is 11.9 Å². The number of carbonyl (C=O) groups excluding carboxylic acids is 1. The molecule has 0 fully saturated rings. The summed E-state index contributed by atoms with van der Waals surface area (Å²) in [5, 5.41) is 11.0. The first-order valence-electron chi connectivity index (χ1n) is 6.37. The minimum absolute atomic E-state index is 0.0512. The molecule has 0 bridgehead atoms. The second kappa shape index (κ2) is 5.08. The van der Waals surface area contributed by atoms with E-state index in [9.17, 15) is 4.79 Å². The molecule has 0 aliphatic heterocycles. The molecule has 1 amide bonds. The Bertz CT molecular complexity index is 415. The Balaban J connectivity index is 2.60. The highest BCUT2D eigenvalue weighted by Crippen LogP contribution is 2.19. The van der Waals surface area contributed by atoms with Crippen LogP contribution in [-0.2, 0) is 16.9 Å². The van der Waals surface area contributed by atoms with Crippen LogP contribution < -0.4 is 5.32 Å².